The minimum atomic E-state index is -3.37. The van der Waals surface area contributed by atoms with Crippen LogP contribution in [0.4, 0.5) is 10.8 Å². The fourth-order valence-electron chi connectivity index (χ4n) is 1.75. The van der Waals surface area contributed by atoms with E-state index in [4.69, 9.17) is 5.73 Å². The monoisotopic (exact) mass is 317 g/mol. The third kappa shape index (κ3) is 3.07. The summed E-state index contributed by atoms with van der Waals surface area (Å²) >= 11 is 2.78. The molecule has 0 bridgehead atoms. The Labute approximate surface area is 120 Å². The molecule has 2 N–H and O–H groups in total. The summed E-state index contributed by atoms with van der Waals surface area (Å²) in [5, 5.41) is 2.62. The number of anilines is 2. The summed E-state index contributed by atoms with van der Waals surface area (Å²) in [5.74, 6) is 0.0899. The molecule has 0 saturated heterocycles. The predicted octanol–water partition coefficient (Wildman–Crippen LogP) is 2.22. The van der Waals surface area contributed by atoms with Crippen molar-refractivity contribution in [3.05, 3.63) is 22.4 Å². The van der Waals surface area contributed by atoms with Crippen LogP contribution in [0.1, 0.15) is 11.8 Å². The van der Waals surface area contributed by atoms with Gasteiger partial charge in [-0.25, -0.2) is 8.42 Å². The average molecular weight is 317 g/mol. The molecule has 0 amide bonds. The van der Waals surface area contributed by atoms with Crippen LogP contribution >= 0.6 is 22.9 Å². The lowest BCUT2D eigenvalue weighted by Gasteiger charge is -2.21. The first-order valence-electron chi connectivity index (χ1n) is 5.66. The normalized spacial score (nSPS) is 11.7. The van der Waals surface area contributed by atoms with Crippen molar-refractivity contribution in [1.29, 1.82) is 0 Å². The number of nitrogens with zero attached hydrogens (tertiary/aromatic N) is 2. The smallest absolute Gasteiger partial charge is 0.182 e. The van der Waals surface area contributed by atoms with E-state index < -0.39 is 9.84 Å². The van der Waals surface area contributed by atoms with Gasteiger partial charge in [0.05, 0.1) is 6.54 Å². The van der Waals surface area contributed by atoms with E-state index in [1.54, 1.807) is 11.3 Å². The van der Waals surface area contributed by atoms with Crippen molar-refractivity contribution in [2.45, 2.75) is 18.4 Å². The van der Waals surface area contributed by atoms with Crippen molar-refractivity contribution >= 4 is 43.5 Å². The Kier molecular flexibility index (Phi) is 4.12. The molecule has 0 aliphatic rings. The molecule has 0 aliphatic heterocycles. The lowest BCUT2D eigenvalue weighted by Crippen LogP contribution is -2.22. The van der Waals surface area contributed by atoms with Crippen LogP contribution in [0.25, 0.3) is 0 Å². The number of nitrogens with two attached hydrogens (primary N) is 1. The van der Waals surface area contributed by atoms with Crippen LogP contribution in [0.2, 0.25) is 0 Å². The second-order valence-electron chi connectivity index (χ2n) is 4.07. The summed E-state index contributed by atoms with van der Waals surface area (Å²) in [6.07, 6.45) is 1.16. The second kappa shape index (κ2) is 5.48. The van der Waals surface area contributed by atoms with Gasteiger partial charge in [-0.15, -0.1) is 11.3 Å². The van der Waals surface area contributed by atoms with Gasteiger partial charge in [0, 0.05) is 17.7 Å². The molecule has 0 radical (unpaired) electrons. The van der Waals surface area contributed by atoms with Crippen LogP contribution in [0.3, 0.4) is 0 Å². The highest BCUT2D eigenvalue weighted by Crippen LogP contribution is 2.35. The van der Waals surface area contributed by atoms with E-state index in [0.29, 0.717) is 18.1 Å². The maximum atomic E-state index is 11.8. The van der Waals surface area contributed by atoms with E-state index in [1.807, 2.05) is 29.3 Å². The van der Waals surface area contributed by atoms with Gasteiger partial charge in [-0.05, 0) is 29.9 Å². The first kappa shape index (κ1) is 14.3. The number of hydrogen-bond acceptors (Lipinski definition) is 7. The van der Waals surface area contributed by atoms with Gasteiger partial charge in [-0.3, -0.25) is 0 Å². The van der Waals surface area contributed by atoms with E-state index in [0.717, 1.165) is 17.8 Å². The van der Waals surface area contributed by atoms with Crippen molar-refractivity contribution in [2.75, 3.05) is 23.4 Å². The van der Waals surface area contributed by atoms with E-state index in [1.165, 1.54) is 4.88 Å². The Balaban J connectivity index is 2.39. The van der Waals surface area contributed by atoms with Crippen molar-refractivity contribution in [3.63, 3.8) is 0 Å². The third-order valence-corrected chi connectivity index (χ3v) is 5.68. The SMILES string of the molecule is CCN(Cc1cccs1)c1snc(N)c1S(C)(=O)=O. The largest absolute Gasteiger partial charge is 0.382 e. The molecule has 0 unspecified atom stereocenters. The maximum Gasteiger partial charge on any atom is 0.182 e. The molecule has 0 spiro atoms. The molecule has 0 saturated carbocycles. The van der Waals surface area contributed by atoms with Crippen LogP contribution in [0.5, 0.6) is 0 Å². The van der Waals surface area contributed by atoms with Gasteiger partial charge >= 0.3 is 0 Å². The highest BCUT2D eigenvalue weighted by molar-refractivity contribution is 7.91. The lowest BCUT2D eigenvalue weighted by molar-refractivity contribution is 0.602. The Hall–Kier alpha value is -1.12. The minimum Gasteiger partial charge on any atom is -0.382 e. The van der Waals surface area contributed by atoms with Crippen LogP contribution < -0.4 is 10.6 Å². The molecule has 2 aromatic heterocycles. The molecule has 2 aromatic rings. The van der Waals surface area contributed by atoms with Gasteiger partial charge in [-0.2, -0.15) is 4.37 Å². The maximum absolute atomic E-state index is 11.8. The fraction of sp³-hybridized carbons (Fsp3) is 0.364. The van der Waals surface area contributed by atoms with Crippen molar-refractivity contribution in [1.82, 2.24) is 4.37 Å². The first-order chi connectivity index (χ1) is 8.93. The zero-order valence-electron chi connectivity index (χ0n) is 10.7. The molecule has 19 heavy (non-hydrogen) atoms. The van der Waals surface area contributed by atoms with E-state index in [-0.39, 0.29) is 10.7 Å². The Morgan fingerprint density at radius 3 is 2.74 bits per heavy atom. The zero-order chi connectivity index (χ0) is 14.0. The summed E-state index contributed by atoms with van der Waals surface area (Å²) in [7, 11) is -3.37. The first-order valence-corrected chi connectivity index (χ1v) is 9.20. The lowest BCUT2D eigenvalue weighted by atomic mass is 10.4. The minimum absolute atomic E-state index is 0.0899. The van der Waals surface area contributed by atoms with E-state index in [2.05, 4.69) is 4.37 Å². The number of aromatic nitrogens is 1. The summed E-state index contributed by atoms with van der Waals surface area (Å²) < 4.78 is 27.6. The molecule has 2 heterocycles. The molecular weight excluding hydrogens is 302 g/mol. The van der Waals surface area contributed by atoms with Crippen molar-refractivity contribution < 1.29 is 8.42 Å². The van der Waals surface area contributed by atoms with Gasteiger partial charge in [0.15, 0.2) is 15.7 Å². The van der Waals surface area contributed by atoms with Crippen LogP contribution in [-0.4, -0.2) is 25.6 Å². The van der Waals surface area contributed by atoms with Crippen LogP contribution in [0.15, 0.2) is 22.4 Å². The molecule has 0 aromatic carbocycles. The Morgan fingerprint density at radius 1 is 1.47 bits per heavy atom. The molecule has 0 fully saturated rings. The average Bonchev–Trinajstić information content (AvgIpc) is 2.93. The zero-order valence-corrected chi connectivity index (χ0v) is 13.1. The van der Waals surface area contributed by atoms with Crippen LogP contribution in [0, 0.1) is 0 Å². The highest BCUT2D eigenvalue weighted by atomic mass is 32.2. The Morgan fingerprint density at radius 2 is 2.21 bits per heavy atom. The second-order valence-corrected chi connectivity index (χ2v) is 7.80. The van der Waals surface area contributed by atoms with Gasteiger partial charge in [-0.1, -0.05) is 6.07 Å². The van der Waals surface area contributed by atoms with Crippen molar-refractivity contribution in [2.24, 2.45) is 0 Å². The fourth-order valence-corrected chi connectivity index (χ4v) is 4.74. The topological polar surface area (TPSA) is 76.3 Å². The summed E-state index contributed by atoms with van der Waals surface area (Å²) in [4.78, 5) is 3.31. The van der Waals surface area contributed by atoms with Gasteiger partial charge in [0.1, 0.15) is 9.90 Å². The number of nitrogen functional groups attached to an aromatic ring is 1. The third-order valence-electron chi connectivity index (χ3n) is 2.62. The molecule has 5 nitrogen and oxygen atoms in total. The van der Waals surface area contributed by atoms with E-state index in [9.17, 15) is 8.42 Å². The molecule has 2 rings (SSSR count). The standard InChI is InChI=1S/C11H15N3O2S3/c1-3-14(7-8-5-4-6-17-8)11-9(19(2,15)16)10(12)13-18-11/h4-6H,3,7H2,1-2H3,(H2,12,13). The van der Waals surface area contributed by atoms with Crippen LogP contribution in [-0.2, 0) is 16.4 Å². The quantitative estimate of drug-likeness (QED) is 0.915. The Bertz CT molecular complexity index is 647. The van der Waals surface area contributed by atoms with Crippen molar-refractivity contribution in [3.8, 4) is 0 Å². The molecule has 8 heteroatoms. The van der Waals surface area contributed by atoms with E-state index >= 15 is 0 Å². The number of sulfone groups is 1. The van der Waals surface area contributed by atoms with Gasteiger partial charge < -0.3 is 10.6 Å². The number of thiophene rings is 1. The summed E-state index contributed by atoms with van der Waals surface area (Å²) in [5.41, 5.74) is 5.69. The van der Waals surface area contributed by atoms with Gasteiger partial charge in [0.2, 0.25) is 0 Å². The summed E-state index contributed by atoms with van der Waals surface area (Å²) in [6.45, 7) is 3.34. The molecule has 0 atom stereocenters. The van der Waals surface area contributed by atoms with Gasteiger partial charge in [0.25, 0.3) is 0 Å². The number of hydrogen-bond donors (Lipinski definition) is 1. The molecule has 104 valence electrons. The molecular formula is C11H15N3O2S3. The highest BCUT2D eigenvalue weighted by Gasteiger charge is 2.24. The molecule has 0 aliphatic carbocycles. The number of rotatable bonds is 5. The predicted molar refractivity (Wildman–Crippen MR) is 80.7 cm³/mol. The summed E-state index contributed by atoms with van der Waals surface area (Å²) in [6, 6.07) is 4.00.